The molecular weight excluding hydrogens is 341 g/mol. The summed E-state index contributed by atoms with van der Waals surface area (Å²) in [6, 6.07) is 4.02. The van der Waals surface area contributed by atoms with E-state index in [1.54, 1.807) is 12.1 Å². The van der Waals surface area contributed by atoms with Crippen molar-refractivity contribution in [3.63, 3.8) is 0 Å². The van der Waals surface area contributed by atoms with E-state index in [1.165, 1.54) is 6.07 Å². The minimum absolute atomic E-state index is 0.0578. The second kappa shape index (κ2) is 5.38. The third-order valence-electron chi connectivity index (χ3n) is 3.97. The number of nitrogens with one attached hydrogen (secondary N) is 2. The Kier molecular flexibility index (Phi) is 3.71. The van der Waals surface area contributed by atoms with Gasteiger partial charge in [0, 0.05) is 16.6 Å². The first-order valence-corrected chi connectivity index (χ1v) is 7.60. The molecule has 3 amide bonds. The summed E-state index contributed by atoms with van der Waals surface area (Å²) in [6.07, 6.45) is 1.44. The molecule has 2 aliphatic heterocycles. The van der Waals surface area contributed by atoms with Crippen molar-refractivity contribution in [3.05, 3.63) is 34.1 Å². The molecule has 2 saturated heterocycles. The van der Waals surface area contributed by atoms with Gasteiger partial charge < -0.3 is 10.6 Å². The van der Waals surface area contributed by atoms with Crippen LogP contribution in [0.4, 0.5) is 9.18 Å². The van der Waals surface area contributed by atoms with Gasteiger partial charge in [0.25, 0.3) is 5.91 Å². The van der Waals surface area contributed by atoms with Crippen molar-refractivity contribution < 1.29 is 14.0 Å². The number of nitrogens with zero attached hydrogens (tertiary/aromatic N) is 1. The highest BCUT2D eigenvalue weighted by Crippen LogP contribution is 2.27. The zero-order valence-corrected chi connectivity index (χ0v) is 12.9. The van der Waals surface area contributed by atoms with E-state index in [1.807, 2.05) is 0 Å². The summed E-state index contributed by atoms with van der Waals surface area (Å²) in [5.74, 6) is -0.708. The van der Waals surface area contributed by atoms with E-state index in [2.05, 4.69) is 26.6 Å². The lowest BCUT2D eigenvalue weighted by Gasteiger charge is -2.31. The van der Waals surface area contributed by atoms with E-state index in [4.69, 9.17) is 0 Å². The summed E-state index contributed by atoms with van der Waals surface area (Å²) in [5, 5.41) is 5.89. The van der Waals surface area contributed by atoms with Crippen LogP contribution < -0.4 is 10.6 Å². The van der Waals surface area contributed by atoms with E-state index in [0.717, 1.165) is 17.9 Å². The molecule has 0 radical (unpaired) electrons. The number of hydrogen-bond donors (Lipinski definition) is 2. The third kappa shape index (κ3) is 2.55. The number of benzene rings is 1. The molecule has 0 aromatic heterocycles. The van der Waals surface area contributed by atoms with Gasteiger partial charge in [0.1, 0.15) is 11.4 Å². The number of imide groups is 1. The average molecular weight is 356 g/mol. The van der Waals surface area contributed by atoms with E-state index in [-0.39, 0.29) is 12.5 Å². The Hall–Kier alpha value is -1.47. The molecular formula is C14H15BrFN3O2. The Balaban J connectivity index is 1.84. The molecule has 2 N–H and O–H groups in total. The largest absolute Gasteiger partial charge is 0.325 e. The van der Waals surface area contributed by atoms with Crippen LogP contribution in [0.25, 0.3) is 0 Å². The molecule has 0 aliphatic carbocycles. The van der Waals surface area contributed by atoms with Crippen molar-refractivity contribution >= 4 is 27.9 Å². The molecule has 0 bridgehead atoms. The molecule has 0 saturated carbocycles. The Morgan fingerprint density at radius 2 is 2.19 bits per heavy atom. The lowest BCUT2D eigenvalue weighted by molar-refractivity contribution is -0.132. The van der Waals surface area contributed by atoms with Crippen LogP contribution in [0.1, 0.15) is 18.4 Å². The number of piperidine rings is 1. The van der Waals surface area contributed by atoms with Crippen LogP contribution in [-0.2, 0) is 11.3 Å². The number of halogens is 2. The first-order valence-electron chi connectivity index (χ1n) is 6.81. The van der Waals surface area contributed by atoms with Crippen LogP contribution in [0, 0.1) is 5.82 Å². The number of amides is 3. The molecule has 5 nitrogen and oxygen atoms in total. The monoisotopic (exact) mass is 355 g/mol. The molecule has 1 aromatic rings. The first kappa shape index (κ1) is 14.5. The molecule has 2 aliphatic rings. The Morgan fingerprint density at radius 3 is 2.90 bits per heavy atom. The normalized spacial score (nSPS) is 25.5. The maximum Gasteiger partial charge on any atom is 0.325 e. The van der Waals surface area contributed by atoms with Gasteiger partial charge >= 0.3 is 6.03 Å². The molecule has 1 unspecified atom stereocenters. The highest BCUT2D eigenvalue weighted by molar-refractivity contribution is 9.10. The quantitative estimate of drug-likeness (QED) is 0.794. The van der Waals surface area contributed by atoms with Crippen LogP contribution in [-0.4, -0.2) is 35.5 Å². The number of rotatable bonds is 2. The van der Waals surface area contributed by atoms with Crippen molar-refractivity contribution in [3.8, 4) is 0 Å². The van der Waals surface area contributed by atoms with Crippen molar-refractivity contribution in [2.24, 2.45) is 0 Å². The summed E-state index contributed by atoms with van der Waals surface area (Å²) in [7, 11) is 0. The second-order valence-electron chi connectivity index (χ2n) is 5.42. The van der Waals surface area contributed by atoms with Gasteiger partial charge in [0.05, 0.1) is 6.54 Å². The van der Waals surface area contributed by atoms with Gasteiger partial charge in [-0.15, -0.1) is 0 Å². The number of carbonyl (C=O) groups is 2. The summed E-state index contributed by atoms with van der Waals surface area (Å²) in [6.45, 7) is 1.21. The van der Waals surface area contributed by atoms with Crippen molar-refractivity contribution in [2.45, 2.75) is 24.9 Å². The summed E-state index contributed by atoms with van der Waals surface area (Å²) in [5.41, 5.74) is -0.550. The molecule has 7 heteroatoms. The van der Waals surface area contributed by atoms with Gasteiger partial charge in [-0.25, -0.2) is 9.18 Å². The van der Waals surface area contributed by atoms with Crippen molar-refractivity contribution in [1.82, 2.24) is 15.5 Å². The van der Waals surface area contributed by atoms with Gasteiger partial charge in [0.2, 0.25) is 0 Å². The fourth-order valence-corrected chi connectivity index (χ4v) is 3.26. The first-order chi connectivity index (χ1) is 10.0. The van der Waals surface area contributed by atoms with Gasteiger partial charge in [-0.05, 0) is 37.6 Å². The Bertz CT molecular complexity index is 602. The van der Waals surface area contributed by atoms with Gasteiger partial charge in [-0.3, -0.25) is 9.69 Å². The van der Waals surface area contributed by atoms with E-state index < -0.39 is 17.4 Å². The summed E-state index contributed by atoms with van der Waals surface area (Å²) in [4.78, 5) is 25.7. The Morgan fingerprint density at radius 1 is 1.38 bits per heavy atom. The number of carbonyl (C=O) groups excluding carboxylic acids is 2. The predicted molar refractivity (Wildman–Crippen MR) is 78.0 cm³/mol. The molecule has 1 aromatic carbocycles. The summed E-state index contributed by atoms with van der Waals surface area (Å²) >= 11 is 3.27. The van der Waals surface area contributed by atoms with E-state index in [0.29, 0.717) is 23.0 Å². The standard InChI is InChI=1S/C14H15BrFN3O2/c15-10-2-3-11(16)9(6-10)7-19-12(20)14(18-13(19)21)4-1-5-17-8-14/h2-3,6,17H,1,4-5,7-8H2,(H,18,21). The number of urea groups is 1. The zero-order valence-electron chi connectivity index (χ0n) is 11.3. The fraction of sp³-hybridized carbons (Fsp3) is 0.429. The van der Waals surface area contributed by atoms with Crippen LogP contribution >= 0.6 is 15.9 Å². The minimum Gasteiger partial charge on any atom is -0.322 e. The minimum atomic E-state index is -0.863. The van der Waals surface area contributed by atoms with Crippen LogP contribution in [0.2, 0.25) is 0 Å². The molecule has 1 atom stereocenters. The second-order valence-corrected chi connectivity index (χ2v) is 6.34. The SMILES string of the molecule is O=C1NC2(CCCNC2)C(=O)N1Cc1cc(Br)ccc1F. The van der Waals surface area contributed by atoms with Crippen molar-refractivity contribution in [2.75, 3.05) is 13.1 Å². The molecule has 21 heavy (non-hydrogen) atoms. The smallest absolute Gasteiger partial charge is 0.322 e. The van der Waals surface area contributed by atoms with E-state index in [9.17, 15) is 14.0 Å². The predicted octanol–water partition coefficient (Wildman–Crippen LogP) is 1.76. The highest BCUT2D eigenvalue weighted by atomic mass is 79.9. The maximum absolute atomic E-state index is 13.8. The third-order valence-corrected chi connectivity index (χ3v) is 4.46. The van der Waals surface area contributed by atoms with Crippen LogP contribution in [0.15, 0.2) is 22.7 Å². The molecule has 2 heterocycles. The molecule has 1 spiro atoms. The highest BCUT2D eigenvalue weighted by Gasteiger charge is 2.51. The molecule has 112 valence electrons. The lowest BCUT2D eigenvalue weighted by atomic mass is 9.90. The maximum atomic E-state index is 13.8. The summed E-state index contributed by atoms with van der Waals surface area (Å²) < 4.78 is 14.5. The molecule has 2 fully saturated rings. The van der Waals surface area contributed by atoms with Crippen molar-refractivity contribution in [1.29, 1.82) is 0 Å². The topological polar surface area (TPSA) is 61.4 Å². The Labute approximate surface area is 130 Å². The lowest BCUT2D eigenvalue weighted by Crippen LogP contribution is -2.57. The average Bonchev–Trinajstić information content (AvgIpc) is 2.68. The van der Waals surface area contributed by atoms with E-state index >= 15 is 0 Å². The fourth-order valence-electron chi connectivity index (χ4n) is 2.85. The number of hydrogen-bond acceptors (Lipinski definition) is 3. The van der Waals surface area contributed by atoms with Crippen LogP contribution in [0.5, 0.6) is 0 Å². The molecule has 3 rings (SSSR count). The van der Waals surface area contributed by atoms with Gasteiger partial charge in [0.15, 0.2) is 0 Å². The van der Waals surface area contributed by atoms with Crippen LogP contribution in [0.3, 0.4) is 0 Å². The van der Waals surface area contributed by atoms with Gasteiger partial charge in [-0.1, -0.05) is 15.9 Å². The zero-order chi connectivity index (χ0) is 15.0. The van der Waals surface area contributed by atoms with Gasteiger partial charge in [-0.2, -0.15) is 0 Å².